The standard InChI is InChI=1S/C15H28N6/c1-13-5-4-9-21(12-13)10-8-17-15(16-2)18-11-14-6-7-19-20(14)3/h6-7,13H,4-5,8-12H2,1-3H3,(H2,16,17,18). The number of nitrogens with one attached hydrogen (secondary N) is 2. The van der Waals surface area contributed by atoms with Crippen LogP contribution in [0.15, 0.2) is 17.3 Å². The largest absolute Gasteiger partial charge is 0.355 e. The number of nitrogens with zero attached hydrogens (tertiary/aromatic N) is 4. The Labute approximate surface area is 127 Å². The van der Waals surface area contributed by atoms with Crippen molar-refractivity contribution in [3.63, 3.8) is 0 Å². The van der Waals surface area contributed by atoms with Crippen molar-refractivity contribution in [1.29, 1.82) is 0 Å². The summed E-state index contributed by atoms with van der Waals surface area (Å²) in [5.41, 5.74) is 1.14. The Morgan fingerprint density at radius 3 is 3.00 bits per heavy atom. The van der Waals surface area contributed by atoms with Crippen LogP contribution in [-0.4, -0.2) is 53.9 Å². The summed E-state index contributed by atoms with van der Waals surface area (Å²) in [6.07, 6.45) is 4.51. The van der Waals surface area contributed by atoms with Crippen LogP contribution in [0, 0.1) is 5.92 Å². The van der Waals surface area contributed by atoms with E-state index in [2.05, 4.69) is 32.5 Å². The van der Waals surface area contributed by atoms with Crippen LogP contribution < -0.4 is 10.6 Å². The quantitative estimate of drug-likeness (QED) is 0.623. The van der Waals surface area contributed by atoms with E-state index in [1.807, 2.05) is 31.0 Å². The van der Waals surface area contributed by atoms with Crippen LogP contribution in [0.1, 0.15) is 25.5 Å². The molecule has 1 unspecified atom stereocenters. The third-order valence-corrected chi connectivity index (χ3v) is 4.04. The highest BCUT2D eigenvalue weighted by atomic mass is 15.3. The molecule has 2 rings (SSSR count). The Balaban J connectivity index is 1.67. The van der Waals surface area contributed by atoms with Gasteiger partial charge in [0.25, 0.3) is 0 Å². The lowest BCUT2D eigenvalue weighted by Gasteiger charge is -2.30. The molecule has 21 heavy (non-hydrogen) atoms. The lowest BCUT2D eigenvalue weighted by atomic mass is 10.0. The number of piperidine rings is 1. The Hall–Kier alpha value is -1.56. The van der Waals surface area contributed by atoms with E-state index in [4.69, 9.17) is 0 Å². The average Bonchev–Trinajstić information content (AvgIpc) is 2.88. The molecule has 118 valence electrons. The van der Waals surface area contributed by atoms with Gasteiger partial charge in [-0.3, -0.25) is 9.67 Å². The molecule has 0 radical (unpaired) electrons. The number of likely N-dealkylation sites (tertiary alicyclic amines) is 1. The molecule has 0 saturated carbocycles. The summed E-state index contributed by atoms with van der Waals surface area (Å²) in [4.78, 5) is 6.80. The van der Waals surface area contributed by atoms with Crippen molar-refractivity contribution in [2.45, 2.75) is 26.3 Å². The zero-order valence-corrected chi connectivity index (χ0v) is 13.5. The maximum absolute atomic E-state index is 4.26. The molecule has 2 N–H and O–H groups in total. The Kier molecular flexibility index (Phi) is 6.04. The molecule has 2 heterocycles. The first-order valence-electron chi connectivity index (χ1n) is 7.83. The second-order valence-electron chi connectivity index (χ2n) is 5.85. The van der Waals surface area contributed by atoms with E-state index in [-0.39, 0.29) is 0 Å². The Morgan fingerprint density at radius 2 is 2.33 bits per heavy atom. The molecular formula is C15H28N6. The summed E-state index contributed by atoms with van der Waals surface area (Å²) in [7, 11) is 3.76. The molecule has 0 spiro atoms. The second-order valence-corrected chi connectivity index (χ2v) is 5.85. The maximum atomic E-state index is 4.26. The predicted octanol–water partition coefficient (Wildman–Crippen LogP) is 0.817. The van der Waals surface area contributed by atoms with Crippen LogP contribution in [0.4, 0.5) is 0 Å². The summed E-state index contributed by atoms with van der Waals surface area (Å²) in [5, 5.41) is 10.9. The van der Waals surface area contributed by atoms with E-state index < -0.39 is 0 Å². The molecule has 1 saturated heterocycles. The fraction of sp³-hybridized carbons (Fsp3) is 0.733. The topological polar surface area (TPSA) is 57.5 Å². The van der Waals surface area contributed by atoms with Crippen molar-refractivity contribution in [1.82, 2.24) is 25.3 Å². The lowest BCUT2D eigenvalue weighted by Crippen LogP contribution is -2.43. The highest BCUT2D eigenvalue weighted by molar-refractivity contribution is 5.79. The molecule has 1 fully saturated rings. The van der Waals surface area contributed by atoms with Gasteiger partial charge in [-0.05, 0) is 31.4 Å². The second kappa shape index (κ2) is 8.02. The molecule has 0 aromatic carbocycles. The molecule has 1 aliphatic rings. The highest BCUT2D eigenvalue weighted by Gasteiger charge is 2.15. The van der Waals surface area contributed by atoms with Crippen LogP contribution in [0.2, 0.25) is 0 Å². The van der Waals surface area contributed by atoms with Crippen molar-refractivity contribution < 1.29 is 0 Å². The number of hydrogen-bond acceptors (Lipinski definition) is 3. The minimum atomic E-state index is 0.733. The van der Waals surface area contributed by atoms with Crippen molar-refractivity contribution >= 4 is 5.96 Å². The molecular weight excluding hydrogens is 264 g/mol. The van der Waals surface area contributed by atoms with E-state index in [1.165, 1.54) is 25.9 Å². The fourth-order valence-electron chi connectivity index (χ4n) is 2.79. The van der Waals surface area contributed by atoms with Crippen LogP contribution in [0.5, 0.6) is 0 Å². The zero-order valence-electron chi connectivity index (χ0n) is 13.5. The van der Waals surface area contributed by atoms with Gasteiger partial charge in [0, 0.05) is 39.9 Å². The van der Waals surface area contributed by atoms with Gasteiger partial charge in [0.1, 0.15) is 0 Å². The summed E-state index contributed by atoms with van der Waals surface area (Å²) < 4.78 is 1.87. The fourth-order valence-corrected chi connectivity index (χ4v) is 2.79. The third kappa shape index (κ3) is 5.04. The maximum Gasteiger partial charge on any atom is 0.191 e. The van der Waals surface area contributed by atoms with Crippen LogP contribution >= 0.6 is 0 Å². The number of rotatable bonds is 5. The molecule has 1 aromatic rings. The van der Waals surface area contributed by atoms with Gasteiger partial charge in [-0.1, -0.05) is 6.92 Å². The number of aryl methyl sites for hydroxylation is 1. The molecule has 0 bridgehead atoms. The number of hydrogen-bond donors (Lipinski definition) is 2. The first-order valence-corrected chi connectivity index (χ1v) is 7.83. The lowest BCUT2D eigenvalue weighted by molar-refractivity contribution is 0.187. The first kappa shape index (κ1) is 15.8. The first-order chi connectivity index (χ1) is 10.2. The molecule has 1 aliphatic heterocycles. The number of aliphatic imine (C=N–C) groups is 1. The van der Waals surface area contributed by atoms with Gasteiger partial charge in [0.05, 0.1) is 12.2 Å². The van der Waals surface area contributed by atoms with E-state index in [1.54, 1.807) is 0 Å². The van der Waals surface area contributed by atoms with Gasteiger partial charge < -0.3 is 15.5 Å². The third-order valence-electron chi connectivity index (χ3n) is 4.04. The van der Waals surface area contributed by atoms with E-state index in [9.17, 15) is 0 Å². The Morgan fingerprint density at radius 1 is 1.48 bits per heavy atom. The van der Waals surface area contributed by atoms with E-state index >= 15 is 0 Å². The highest BCUT2D eigenvalue weighted by Crippen LogP contribution is 2.14. The van der Waals surface area contributed by atoms with Crippen molar-refractivity contribution in [2.24, 2.45) is 18.0 Å². The minimum Gasteiger partial charge on any atom is -0.355 e. The van der Waals surface area contributed by atoms with Gasteiger partial charge >= 0.3 is 0 Å². The molecule has 1 atom stereocenters. The minimum absolute atomic E-state index is 0.733. The van der Waals surface area contributed by atoms with Crippen molar-refractivity contribution in [3.05, 3.63) is 18.0 Å². The van der Waals surface area contributed by atoms with Crippen LogP contribution in [-0.2, 0) is 13.6 Å². The van der Waals surface area contributed by atoms with Gasteiger partial charge in [-0.25, -0.2) is 0 Å². The van der Waals surface area contributed by atoms with Crippen molar-refractivity contribution in [3.8, 4) is 0 Å². The van der Waals surface area contributed by atoms with Gasteiger partial charge in [-0.15, -0.1) is 0 Å². The summed E-state index contributed by atoms with van der Waals surface area (Å²) in [6, 6.07) is 2.01. The monoisotopic (exact) mass is 292 g/mol. The smallest absolute Gasteiger partial charge is 0.191 e. The predicted molar refractivity (Wildman–Crippen MR) is 86.2 cm³/mol. The van der Waals surface area contributed by atoms with Crippen LogP contribution in [0.3, 0.4) is 0 Å². The summed E-state index contributed by atoms with van der Waals surface area (Å²) in [6.45, 7) is 7.54. The average molecular weight is 292 g/mol. The van der Waals surface area contributed by atoms with Gasteiger partial charge in [-0.2, -0.15) is 5.10 Å². The molecule has 6 nitrogen and oxygen atoms in total. The Bertz CT molecular complexity index is 453. The number of guanidine groups is 1. The van der Waals surface area contributed by atoms with Crippen molar-refractivity contribution in [2.75, 3.05) is 33.2 Å². The molecule has 1 aromatic heterocycles. The van der Waals surface area contributed by atoms with Crippen LogP contribution in [0.25, 0.3) is 0 Å². The SMILES string of the molecule is CN=C(NCCN1CCCC(C)C1)NCc1ccnn1C. The molecule has 6 heteroatoms. The summed E-state index contributed by atoms with van der Waals surface area (Å²) >= 11 is 0. The molecule has 0 amide bonds. The van der Waals surface area contributed by atoms with E-state index in [0.717, 1.165) is 37.2 Å². The normalized spacial score (nSPS) is 20.5. The summed E-state index contributed by atoms with van der Waals surface area (Å²) in [5.74, 6) is 1.68. The van der Waals surface area contributed by atoms with Gasteiger partial charge in [0.2, 0.25) is 0 Å². The van der Waals surface area contributed by atoms with E-state index in [0.29, 0.717) is 0 Å². The zero-order chi connectivity index (χ0) is 15.1. The number of aromatic nitrogens is 2. The van der Waals surface area contributed by atoms with Gasteiger partial charge in [0.15, 0.2) is 5.96 Å². The molecule has 0 aliphatic carbocycles.